The minimum absolute atomic E-state index is 0.0664. The number of aromatic hydroxyl groups is 1. The first kappa shape index (κ1) is 11.7. The van der Waals surface area contributed by atoms with Gasteiger partial charge in [0.1, 0.15) is 23.6 Å². The zero-order chi connectivity index (χ0) is 13.6. The average Bonchev–Trinajstić information content (AvgIpc) is 2.67. The summed E-state index contributed by atoms with van der Waals surface area (Å²) < 4.78 is 1.61. The standard InChI is InChI=1S/C12H10ClN5O/c1-18-12-9(11(14)15-5-16-12)10(17-18)6-2-7(13)4-8(19)3-6/h2-5,19H,1H3,(H2,14,15,16). The number of rotatable bonds is 1. The zero-order valence-corrected chi connectivity index (χ0v) is 10.8. The van der Waals surface area contributed by atoms with Crippen LogP contribution in [0.3, 0.4) is 0 Å². The highest BCUT2D eigenvalue weighted by molar-refractivity contribution is 6.31. The molecule has 2 aromatic heterocycles. The number of nitrogens with two attached hydrogens (primary N) is 1. The summed E-state index contributed by atoms with van der Waals surface area (Å²) in [7, 11) is 1.77. The van der Waals surface area contributed by atoms with Crippen molar-refractivity contribution in [2.45, 2.75) is 0 Å². The molecule has 0 aliphatic rings. The Morgan fingerprint density at radius 3 is 2.79 bits per heavy atom. The molecule has 7 heteroatoms. The summed E-state index contributed by atoms with van der Waals surface area (Å²) >= 11 is 5.94. The van der Waals surface area contributed by atoms with Crippen LogP contribution < -0.4 is 5.73 Å². The van der Waals surface area contributed by atoms with Gasteiger partial charge in [0.15, 0.2) is 5.65 Å². The zero-order valence-electron chi connectivity index (χ0n) is 10.0. The molecule has 3 N–H and O–H groups in total. The first-order valence-electron chi connectivity index (χ1n) is 5.49. The quantitative estimate of drug-likeness (QED) is 0.709. The number of anilines is 1. The molecule has 19 heavy (non-hydrogen) atoms. The smallest absolute Gasteiger partial charge is 0.163 e. The number of nitrogen functional groups attached to an aromatic ring is 1. The van der Waals surface area contributed by atoms with Gasteiger partial charge < -0.3 is 10.8 Å². The third-order valence-electron chi connectivity index (χ3n) is 2.81. The Kier molecular flexibility index (Phi) is 2.53. The number of phenolic OH excluding ortho intramolecular Hbond substituents is 1. The molecule has 0 saturated heterocycles. The van der Waals surface area contributed by atoms with E-state index in [-0.39, 0.29) is 5.75 Å². The molecule has 3 rings (SSSR count). The predicted molar refractivity (Wildman–Crippen MR) is 72.8 cm³/mol. The molecule has 0 radical (unpaired) electrons. The van der Waals surface area contributed by atoms with Crippen LogP contribution in [0.4, 0.5) is 5.82 Å². The van der Waals surface area contributed by atoms with E-state index in [1.54, 1.807) is 23.9 Å². The average molecular weight is 276 g/mol. The number of fused-ring (bicyclic) bond motifs is 1. The van der Waals surface area contributed by atoms with Gasteiger partial charge in [-0.1, -0.05) is 11.6 Å². The molecule has 0 aliphatic carbocycles. The van der Waals surface area contributed by atoms with E-state index in [0.29, 0.717) is 33.1 Å². The molecule has 1 aromatic carbocycles. The SMILES string of the molecule is Cn1nc(-c2cc(O)cc(Cl)c2)c2c(N)ncnc21. The van der Waals surface area contributed by atoms with Crippen LogP contribution in [0.15, 0.2) is 24.5 Å². The number of hydrogen-bond acceptors (Lipinski definition) is 5. The highest BCUT2D eigenvalue weighted by Gasteiger charge is 2.16. The molecular weight excluding hydrogens is 266 g/mol. The highest BCUT2D eigenvalue weighted by Crippen LogP contribution is 2.33. The highest BCUT2D eigenvalue weighted by atomic mass is 35.5. The largest absolute Gasteiger partial charge is 0.508 e. The third kappa shape index (κ3) is 1.86. The van der Waals surface area contributed by atoms with Crippen LogP contribution in [0.1, 0.15) is 0 Å². The van der Waals surface area contributed by atoms with E-state index in [9.17, 15) is 5.11 Å². The maximum atomic E-state index is 9.62. The lowest BCUT2D eigenvalue weighted by molar-refractivity contribution is 0.475. The first-order chi connectivity index (χ1) is 9.06. The third-order valence-corrected chi connectivity index (χ3v) is 3.02. The van der Waals surface area contributed by atoms with E-state index in [4.69, 9.17) is 17.3 Å². The van der Waals surface area contributed by atoms with Crippen LogP contribution >= 0.6 is 11.6 Å². The lowest BCUT2D eigenvalue weighted by atomic mass is 10.1. The molecular formula is C12H10ClN5O. The molecule has 0 spiro atoms. The van der Waals surface area contributed by atoms with E-state index >= 15 is 0 Å². The summed E-state index contributed by atoms with van der Waals surface area (Å²) in [5.74, 6) is 0.407. The van der Waals surface area contributed by atoms with Crippen LogP contribution in [0.5, 0.6) is 5.75 Å². The van der Waals surface area contributed by atoms with Crippen LogP contribution in [0.25, 0.3) is 22.3 Å². The lowest BCUT2D eigenvalue weighted by Crippen LogP contribution is -1.95. The maximum absolute atomic E-state index is 9.62. The second kappa shape index (κ2) is 4.10. The minimum Gasteiger partial charge on any atom is -0.508 e. The molecule has 96 valence electrons. The molecule has 0 fully saturated rings. The Bertz CT molecular complexity index is 763. The monoisotopic (exact) mass is 275 g/mol. The fraction of sp³-hybridized carbons (Fsp3) is 0.0833. The Balaban J connectivity index is 2.36. The molecule has 0 aliphatic heterocycles. The second-order valence-corrected chi connectivity index (χ2v) is 4.56. The van der Waals surface area contributed by atoms with Gasteiger partial charge in [0.2, 0.25) is 0 Å². The number of aromatic nitrogens is 4. The van der Waals surface area contributed by atoms with E-state index < -0.39 is 0 Å². The van der Waals surface area contributed by atoms with Crippen molar-refractivity contribution in [1.82, 2.24) is 19.7 Å². The van der Waals surface area contributed by atoms with Crippen LogP contribution in [-0.2, 0) is 7.05 Å². The summed E-state index contributed by atoms with van der Waals surface area (Å²) in [5.41, 5.74) is 7.77. The number of halogens is 1. The minimum atomic E-state index is 0.0664. The fourth-order valence-electron chi connectivity index (χ4n) is 2.02. The van der Waals surface area contributed by atoms with Crippen LogP contribution in [0, 0.1) is 0 Å². The van der Waals surface area contributed by atoms with Crippen LogP contribution in [-0.4, -0.2) is 24.9 Å². The van der Waals surface area contributed by atoms with Gasteiger partial charge in [-0.25, -0.2) is 14.6 Å². The van der Waals surface area contributed by atoms with Gasteiger partial charge in [-0.3, -0.25) is 0 Å². The summed E-state index contributed by atoms with van der Waals surface area (Å²) in [6.45, 7) is 0. The van der Waals surface area contributed by atoms with Gasteiger partial charge >= 0.3 is 0 Å². The Morgan fingerprint density at radius 1 is 1.26 bits per heavy atom. The number of hydrogen-bond donors (Lipinski definition) is 2. The molecule has 0 saturated carbocycles. The van der Waals surface area contributed by atoms with Crippen molar-refractivity contribution in [2.75, 3.05) is 5.73 Å². The van der Waals surface area contributed by atoms with Crippen molar-refractivity contribution in [3.05, 3.63) is 29.5 Å². The van der Waals surface area contributed by atoms with Crippen molar-refractivity contribution in [3.63, 3.8) is 0 Å². The molecule has 6 nitrogen and oxygen atoms in total. The van der Waals surface area contributed by atoms with E-state index in [2.05, 4.69) is 15.1 Å². The predicted octanol–water partition coefficient (Wildman–Crippen LogP) is 1.97. The Labute approximate surface area is 113 Å². The first-order valence-corrected chi connectivity index (χ1v) is 5.87. The van der Waals surface area contributed by atoms with E-state index in [0.717, 1.165) is 0 Å². The normalized spacial score (nSPS) is 11.1. The molecule has 3 aromatic rings. The molecule has 2 heterocycles. The van der Waals surface area contributed by atoms with E-state index in [1.165, 1.54) is 12.4 Å². The topological polar surface area (TPSA) is 89.8 Å². The Morgan fingerprint density at radius 2 is 2.05 bits per heavy atom. The molecule has 0 amide bonds. The van der Waals surface area contributed by atoms with Gasteiger partial charge in [0, 0.05) is 17.6 Å². The van der Waals surface area contributed by atoms with Crippen molar-refractivity contribution >= 4 is 28.5 Å². The lowest BCUT2D eigenvalue weighted by Gasteiger charge is -2.01. The van der Waals surface area contributed by atoms with Gasteiger partial charge in [0.05, 0.1) is 5.39 Å². The molecule has 0 unspecified atom stereocenters. The summed E-state index contributed by atoms with van der Waals surface area (Å²) in [5, 5.41) is 15.1. The Hall–Kier alpha value is -2.34. The maximum Gasteiger partial charge on any atom is 0.163 e. The van der Waals surface area contributed by atoms with Gasteiger partial charge in [0.25, 0.3) is 0 Å². The van der Waals surface area contributed by atoms with Gasteiger partial charge in [-0.05, 0) is 18.2 Å². The van der Waals surface area contributed by atoms with Gasteiger partial charge in [-0.2, -0.15) is 5.10 Å². The summed E-state index contributed by atoms with van der Waals surface area (Å²) in [6.07, 6.45) is 1.39. The fourth-order valence-corrected chi connectivity index (χ4v) is 2.25. The van der Waals surface area contributed by atoms with Crippen molar-refractivity contribution in [3.8, 4) is 17.0 Å². The number of benzene rings is 1. The van der Waals surface area contributed by atoms with Crippen molar-refractivity contribution in [2.24, 2.45) is 7.05 Å². The molecule has 0 bridgehead atoms. The summed E-state index contributed by atoms with van der Waals surface area (Å²) in [6, 6.07) is 4.73. The number of phenols is 1. The second-order valence-electron chi connectivity index (χ2n) is 4.13. The summed E-state index contributed by atoms with van der Waals surface area (Å²) in [4.78, 5) is 8.12. The number of aryl methyl sites for hydroxylation is 1. The van der Waals surface area contributed by atoms with Crippen molar-refractivity contribution < 1.29 is 5.11 Å². The van der Waals surface area contributed by atoms with Gasteiger partial charge in [-0.15, -0.1) is 0 Å². The molecule has 0 atom stereocenters. The van der Waals surface area contributed by atoms with Crippen LogP contribution in [0.2, 0.25) is 5.02 Å². The van der Waals surface area contributed by atoms with Crippen molar-refractivity contribution in [1.29, 1.82) is 0 Å². The number of nitrogens with zero attached hydrogens (tertiary/aromatic N) is 4. The van der Waals surface area contributed by atoms with E-state index in [1.807, 2.05) is 0 Å².